The smallest absolute Gasteiger partial charge is 0.335 e. The van der Waals surface area contributed by atoms with Gasteiger partial charge in [0.1, 0.15) is 0 Å². The lowest BCUT2D eigenvalue weighted by Gasteiger charge is -2.18. The molecule has 0 bridgehead atoms. The van der Waals surface area contributed by atoms with Crippen molar-refractivity contribution in [2.75, 3.05) is 11.5 Å². The summed E-state index contributed by atoms with van der Waals surface area (Å²) in [4.78, 5) is 21.1. The molecule has 4 N–H and O–H groups in total. The highest BCUT2D eigenvalue weighted by atomic mass is 31.2. The second-order valence-electron chi connectivity index (χ2n) is 6.53. The van der Waals surface area contributed by atoms with Gasteiger partial charge in [0.25, 0.3) is 0 Å². The maximum Gasteiger partial charge on any atom is 0.335 e. The van der Waals surface area contributed by atoms with Crippen LogP contribution in [0.5, 0.6) is 0 Å². The van der Waals surface area contributed by atoms with Crippen molar-refractivity contribution in [1.82, 2.24) is 0 Å². The fraction of sp³-hybridized carbons (Fsp3) is 0.316. The third kappa shape index (κ3) is 5.99. The molecule has 0 saturated carbocycles. The summed E-state index contributed by atoms with van der Waals surface area (Å²) >= 11 is 0. The molecular weight excluding hydrogens is 353 g/mol. The summed E-state index contributed by atoms with van der Waals surface area (Å²) in [5.41, 5.74) is 2.53. The van der Waals surface area contributed by atoms with E-state index in [1.54, 1.807) is 36.4 Å². The molecular formula is C19H24NO5P. The molecule has 0 radical (unpaired) electrons. The molecule has 2 rings (SSSR count). The van der Waals surface area contributed by atoms with Crippen LogP contribution in [0.3, 0.4) is 0 Å². The van der Waals surface area contributed by atoms with Gasteiger partial charge in [-0.2, -0.15) is 0 Å². The zero-order chi connectivity index (χ0) is 19.3. The van der Waals surface area contributed by atoms with Gasteiger partial charge in [-0.25, -0.2) is 4.79 Å². The van der Waals surface area contributed by atoms with Crippen molar-refractivity contribution in [3.8, 4) is 0 Å². The van der Waals surface area contributed by atoms with E-state index in [1.165, 1.54) is 6.92 Å². The number of carbonyl (C=O) groups is 1. The molecule has 26 heavy (non-hydrogen) atoms. The van der Waals surface area contributed by atoms with Crippen LogP contribution >= 0.6 is 7.37 Å². The molecule has 0 aliphatic heterocycles. The second-order valence-corrected chi connectivity index (χ2v) is 8.91. The zero-order valence-electron chi connectivity index (χ0n) is 14.8. The van der Waals surface area contributed by atoms with Gasteiger partial charge in [-0.1, -0.05) is 24.3 Å². The first-order valence-electron chi connectivity index (χ1n) is 8.34. The Kier molecular flexibility index (Phi) is 6.59. The van der Waals surface area contributed by atoms with Gasteiger partial charge in [0.15, 0.2) is 0 Å². The number of hydrogen-bond donors (Lipinski definition) is 4. The lowest BCUT2D eigenvalue weighted by Crippen LogP contribution is -2.09. The van der Waals surface area contributed by atoms with Gasteiger partial charge in [0.2, 0.25) is 7.37 Å². The Labute approximate surface area is 153 Å². The molecule has 2 unspecified atom stereocenters. The average molecular weight is 377 g/mol. The molecule has 0 saturated heterocycles. The van der Waals surface area contributed by atoms with Crippen molar-refractivity contribution >= 4 is 19.0 Å². The molecule has 0 spiro atoms. The monoisotopic (exact) mass is 377 g/mol. The number of aromatic carboxylic acids is 1. The fourth-order valence-electron chi connectivity index (χ4n) is 2.80. The molecule has 7 heteroatoms. The van der Waals surface area contributed by atoms with Crippen LogP contribution in [0.1, 0.15) is 41.4 Å². The lowest BCUT2D eigenvalue weighted by atomic mass is 10.0. The number of rotatable bonds is 8. The van der Waals surface area contributed by atoms with Crippen molar-refractivity contribution in [3.05, 3.63) is 65.2 Å². The third-order valence-corrected chi connectivity index (χ3v) is 5.88. The molecule has 2 aromatic carbocycles. The Morgan fingerprint density at radius 3 is 2.50 bits per heavy atom. The molecule has 0 aliphatic carbocycles. The quantitative estimate of drug-likeness (QED) is 0.523. The van der Waals surface area contributed by atoms with E-state index in [0.717, 1.165) is 11.3 Å². The Balaban J connectivity index is 2.12. The number of carboxylic acids is 1. The van der Waals surface area contributed by atoms with Gasteiger partial charge in [-0.05, 0) is 49.2 Å². The predicted molar refractivity (Wildman–Crippen MR) is 102 cm³/mol. The largest absolute Gasteiger partial charge is 0.478 e. The summed E-state index contributed by atoms with van der Waals surface area (Å²) in [6.07, 6.45) is -0.965. The normalized spacial score (nSPS) is 15.7. The minimum atomic E-state index is -3.44. The number of aliphatic hydroxyl groups is 1. The van der Waals surface area contributed by atoms with Crippen LogP contribution < -0.4 is 5.32 Å². The number of carboxylic acid groups (broad SMARTS) is 1. The summed E-state index contributed by atoms with van der Waals surface area (Å²) in [7, 11) is -3.44. The minimum Gasteiger partial charge on any atom is -0.478 e. The topological polar surface area (TPSA) is 107 Å². The van der Waals surface area contributed by atoms with Crippen molar-refractivity contribution in [2.24, 2.45) is 0 Å². The Hall–Kier alpha value is -2.14. The van der Waals surface area contributed by atoms with Crippen molar-refractivity contribution in [2.45, 2.75) is 32.2 Å². The van der Waals surface area contributed by atoms with Gasteiger partial charge < -0.3 is 20.4 Å². The highest BCUT2D eigenvalue weighted by Gasteiger charge is 2.21. The standard InChI is InChI=1S/C19H24NO5P/c1-13(21)11-26(24,25)12-15-5-3-8-18(9-15)20-14(2)16-6-4-7-17(10-16)19(22)23/h3-10,13-14,20-21H,11-12H2,1-2H3,(H,22,23)(H,24,25)/t13-,14?/m0/s1. The summed E-state index contributed by atoms with van der Waals surface area (Å²) in [6.45, 7) is 3.41. The molecule has 0 aromatic heterocycles. The maximum atomic E-state index is 12.2. The molecule has 2 aromatic rings. The average Bonchev–Trinajstić information content (AvgIpc) is 2.53. The van der Waals surface area contributed by atoms with E-state index in [-0.39, 0.29) is 23.9 Å². The van der Waals surface area contributed by atoms with Crippen molar-refractivity contribution in [1.29, 1.82) is 0 Å². The van der Waals surface area contributed by atoms with Crippen LogP contribution in [0.2, 0.25) is 0 Å². The molecule has 0 fully saturated rings. The van der Waals surface area contributed by atoms with Gasteiger partial charge in [0.05, 0.1) is 17.8 Å². The number of hydrogen-bond acceptors (Lipinski definition) is 4. The Bertz CT molecular complexity index is 821. The van der Waals surface area contributed by atoms with E-state index in [0.29, 0.717) is 5.56 Å². The van der Waals surface area contributed by atoms with Crippen LogP contribution in [0, 0.1) is 0 Å². The summed E-state index contributed by atoms with van der Waals surface area (Å²) in [5.74, 6) is -0.974. The molecule has 0 aliphatic rings. The number of nitrogens with one attached hydrogen (secondary N) is 1. The maximum absolute atomic E-state index is 12.2. The van der Waals surface area contributed by atoms with Gasteiger partial charge >= 0.3 is 5.97 Å². The van der Waals surface area contributed by atoms with E-state index < -0.39 is 19.4 Å². The summed E-state index contributed by atoms with van der Waals surface area (Å²) in [5, 5.41) is 21.7. The van der Waals surface area contributed by atoms with E-state index in [2.05, 4.69) is 5.32 Å². The number of anilines is 1. The van der Waals surface area contributed by atoms with Gasteiger partial charge in [-0.15, -0.1) is 0 Å². The first kappa shape index (κ1) is 20.2. The Morgan fingerprint density at radius 1 is 1.15 bits per heavy atom. The summed E-state index contributed by atoms with van der Waals surface area (Å²) in [6, 6.07) is 13.8. The van der Waals surface area contributed by atoms with Crippen molar-refractivity contribution in [3.63, 3.8) is 0 Å². The van der Waals surface area contributed by atoms with Crippen LogP contribution in [-0.2, 0) is 10.7 Å². The van der Waals surface area contributed by atoms with E-state index in [9.17, 15) is 19.4 Å². The zero-order valence-corrected chi connectivity index (χ0v) is 15.7. The highest BCUT2D eigenvalue weighted by Crippen LogP contribution is 2.45. The lowest BCUT2D eigenvalue weighted by molar-refractivity contribution is 0.0696. The van der Waals surface area contributed by atoms with Gasteiger partial charge in [-0.3, -0.25) is 4.57 Å². The molecule has 3 atom stereocenters. The van der Waals surface area contributed by atoms with Crippen LogP contribution in [0.15, 0.2) is 48.5 Å². The van der Waals surface area contributed by atoms with Gasteiger partial charge in [0, 0.05) is 17.9 Å². The predicted octanol–water partition coefficient (Wildman–Crippen LogP) is 3.71. The molecule has 140 valence electrons. The Morgan fingerprint density at radius 2 is 1.85 bits per heavy atom. The van der Waals surface area contributed by atoms with E-state index in [4.69, 9.17) is 5.11 Å². The SMILES string of the molecule is CC(Nc1cccc(CP(=O)(O)C[C@H](C)O)c1)c1cccc(C(=O)O)c1. The second kappa shape index (κ2) is 8.49. The van der Waals surface area contributed by atoms with Crippen LogP contribution in [-0.4, -0.2) is 33.3 Å². The minimum absolute atomic E-state index is 0.00367. The molecule has 0 heterocycles. The first-order chi connectivity index (χ1) is 12.2. The molecule has 0 amide bonds. The van der Waals surface area contributed by atoms with Crippen LogP contribution in [0.4, 0.5) is 5.69 Å². The van der Waals surface area contributed by atoms with Crippen LogP contribution in [0.25, 0.3) is 0 Å². The van der Waals surface area contributed by atoms with E-state index >= 15 is 0 Å². The van der Waals surface area contributed by atoms with E-state index in [1.807, 2.05) is 19.1 Å². The highest BCUT2D eigenvalue weighted by molar-refractivity contribution is 7.57. The summed E-state index contributed by atoms with van der Waals surface area (Å²) < 4.78 is 12.2. The number of benzene rings is 2. The molecule has 6 nitrogen and oxygen atoms in total. The first-order valence-corrected chi connectivity index (χ1v) is 10.4. The third-order valence-electron chi connectivity index (χ3n) is 3.92. The number of aliphatic hydroxyl groups excluding tert-OH is 1. The van der Waals surface area contributed by atoms with Crippen molar-refractivity contribution < 1.29 is 24.5 Å². The fourth-order valence-corrected chi connectivity index (χ4v) is 4.52.